The fourth-order valence-electron chi connectivity index (χ4n) is 2.20. The molecule has 0 spiro atoms. The first-order valence-corrected chi connectivity index (χ1v) is 5.74. The molecule has 0 aromatic heterocycles. The zero-order valence-corrected chi connectivity index (χ0v) is 10.7. The SMILES string of the molecule is C=C=Cc1c(CC)c(CC)cc(C)c1OC. The largest absolute Gasteiger partial charge is 0.496 e. The fraction of sp³-hybridized carbons (Fsp3) is 0.400. The van der Waals surface area contributed by atoms with E-state index in [9.17, 15) is 0 Å². The highest BCUT2D eigenvalue weighted by Crippen LogP contribution is 2.31. The number of aryl methyl sites for hydroxylation is 2. The van der Waals surface area contributed by atoms with E-state index in [1.54, 1.807) is 7.11 Å². The molecule has 0 aliphatic carbocycles. The number of ether oxygens (including phenoxy) is 1. The molecule has 86 valence electrons. The highest BCUT2D eigenvalue weighted by molar-refractivity contribution is 5.65. The average Bonchev–Trinajstić information content (AvgIpc) is 2.29. The summed E-state index contributed by atoms with van der Waals surface area (Å²) in [5.41, 5.74) is 7.91. The molecule has 0 aliphatic rings. The van der Waals surface area contributed by atoms with E-state index >= 15 is 0 Å². The molecule has 0 N–H and O–H groups in total. The Hall–Kier alpha value is -1.46. The standard InChI is InChI=1S/C15H20O/c1-6-9-14-13(8-3)12(7-2)10-11(4)15(14)16-5/h9-10H,1,7-8H2,2-5H3. The summed E-state index contributed by atoms with van der Waals surface area (Å²) in [6.07, 6.45) is 3.98. The van der Waals surface area contributed by atoms with Gasteiger partial charge in [-0.25, -0.2) is 0 Å². The zero-order valence-electron chi connectivity index (χ0n) is 10.7. The van der Waals surface area contributed by atoms with Crippen molar-refractivity contribution in [2.75, 3.05) is 7.11 Å². The van der Waals surface area contributed by atoms with Crippen LogP contribution in [0.3, 0.4) is 0 Å². The van der Waals surface area contributed by atoms with E-state index in [0.29, 0.717) is 0 Å². The smallest absolute Gasteiger partial charge is 0.129 e. The quantitative estimate of drug-likeness (QED) is 0.693. The van der Waals surface area contributed by atoms with E-state index in [-0.39, 0.29) is 0 Å². The fourth-order valence-corrected chi connectivity index (χ4v) is 2.20. The Labute approximate surface area is 98.5 Å². The second kappa shape index (κ2) is 5.58. The topological polar surface area (TPSA) is 9.23 Å². The molecule has 0 unspecified atom stereocenters. The maximum absolute atomic E-state index is 5.47. The van der Waals surface area contributed by atoms with Gasteiger partial charge in [0.25, 0.3) is 0 Å². The molecule has 1 heteroatoms. The third-order valence-electron chi connectivity index (χ3n) is 2.89. The third-order valence-corrected chi connectivity index (χ3v) is 2.89. The van der Waals surface area contributed by atoms with E-state index in [1.807, 2.05) is 6.08 Å². The summed E-state index contributed by atoms with van der Waals surface area (Å²) in [7, 11) is 1.72. The van der Waals surface area contributed by atoms with E-state index in [0.717, 1.165) is 24.2 Å². The lowest BCUT2D eigenvalue weighted by Gasteiger charge is -2.16. The molecular formula is C15H20O. The van der Waals surface area contributed by atoms with Crippen molar-refractivity contribution in [2.45, 2.75) is 33.6 Å². The lowest BCUT2D eigenvalue weighted by molar-refractivity contribution is 0.410. The van der Waals surface area contributed by atoms with Crippen molar-refractivity contribution in [1.29, 1.82) is 0 Å². The van der Waals surface area contributed by atoms with Gasteiger partial charge in [0.2, 0.25) is 0 Å². The van der Waals surface area contributed by atoms with E-state index in [2.05, 4.69) is 39.1 Å². The summed E-state index contributed by atoms with van der Waals surface area (Å²) in [6, 6.07) is 2.22. The van der Waals surface area contributed by atoms with Gasteiger partial charge in [-0.3, -0.25) is 0 Å². The van der Waals surface area contributed by atoms with Gasteiger partial charge in [-0.2, -0.15) is 0 Å². The van der Waals surface area contributed by atoms with Crippen LogP contribution >= 0.6 is 0 Å². The molecule has 0 atom stereocenters. The minimum atomic E-state index is 0.949. The van der Waals surface area contributed by atoms with Gasteiger partial charge in [0.15, 0.2) is 0 Å². The molecule has 0 saturated heterocycles. The van der Waals surface area contributed by atoms with Crippen molar-refractivity contribution in [3.8, 4) is 5.75 Å². The molecule has 0 radical (unpaired) electrons. The Kier molecular flexibility index (Phi) is 4.39. The van der Waals surface area contributed by atoms with Crippen molar-refractivity contribution < 1.29 is 4.74 Å². The van der Waals surface area contributed by atoms with E-state index in [4.69, 9.17) is 4.74 Å². The van der Waals surface area contributed by atoms with Crippen molar-refractivity contribution in [3.63, 3.8) is 0 Å². The number of hydrogen-bond donors (Lipinski definition) is 0. The van der Waals surface area contributed by atoms with Gasteiger partial charge >= 0.3 is 0 Å². The molecular weight excluding hydrogens is 196 g/mol. The Balaban J connectivity index is 3.59. The minimum absolute atomic E-state index is 0.949. The summed E-state index contributed by atoms with van der Waals surface area (Å²) in [6.45, 7) is 10.1. The molecule has 0 heterocycles. The van der Waals surface area contributed by atoms with Gasteiger partial charge in [-0.15, -0.1) is 5.73 Å². The Bertz CT molecular complexity index is 424. The van der Waals surface area contributed by atoms with Crippen LogP contribution in [0.15, 0.2) is 18.4 Å². The highest BCUT2D eigenvalue weighted by atomic mass is 16.5. The predicted molar refractivity (Wildman–Crippen MR) is 70.1 cm³/mol. The first kappa shape index (κ1) is 12.6. The van der Waals surface area contributed by atoms with Crippen LogP contribution in [-0.4, -0.2) is 7.11 Å². The van der Waals surface area contributed by atoms with Crippen LogP contribution in [0.5, 0.6) is 5.75 Å². The molecule has 1 rings (SSSR count). The van der Waals surface area contributed by atoms with Crippen molar-refractivity contribution in [1.82, 2.24) is 0 Å². The minimum Gasteiger partial charge on any atom is -0.496 e. The second-order valence-electron chi connectivity index (χ2n) is 3.83. The Morgan fingerprint density at radius 1 is 1.38 bits per heavy atom. The lowest BCUT2D eigenvalue weighted by Crippen LogP contribution is -2.00. The van der Waals surface area contributed by atoms with Gasteiger partial charge in [0, 0.05) is 5.56 Å². The summed E-state index contributed by atoms with van der Waals surface area (Å²) in [5.74, 6) is 0.949. The molecule has 0 saturated carbocycles. The first-order chi connectivity index (χ1) is 7.69. The molecule has 0 fully saturated rings. The number of rotatable bonds is 4. The Morgan fingerprint density at radius 3 is 2.50 bits per heavy atom. The van der Waals surface area contributed by atoms with E-state index in [1.165, 1.54) is 16.7 Å². The monoisotopic (exact) mass is 216 g/mol. The van der Waals surface area contributed by atoms with Gasteiger partial charge in [-0.1, -0.05) is 26.5 Å². The molecule has 1 nitrogen and oxygen atoms in total. The number of hydrogen-bond acceptors (Lipinski definition) is 1. The van der Waals surface area contributed by atoms with Gasteiger partial charge in [0.1, 0.15) is 5.75 Å². The van der Waals surface area contributed by atoms with Crippen LogP contribution < -0.4 is 4.74 Å². The van der Waals surface area contributed by atoms with Gasteiger partial charge < -0.3 is 4.74 Å². The van der Waals surface area contributed by atoms with Crippen molar-refractivity contribution >= 4 is 6.08 Å². The normalized spacial score (nSPS) is 9.75. The van der Waals surface area contributed by atoms with E-state index < -0.39 is 0 Å². The Morgan fingerprint density at radius 2 is 2.06 bits per heavy atom. The maximum Gasteiger partial charge on any atom is 0.129 e. The van der Waals surface area contributed by atoms with Gasteiger partial charge in [-0.05, 0) is 42.5 Å². The van der Waals surface area contributed by atoms with Crippen molar-refractivity contribution in [3.05, 3.63) is 40.6 Å². The van der Waals surface area contributed by atoms with Crippen LogP contribution in [0, 0.1) is 6.92 Å². The molecule has 1 aromatic rings. The van der Waals surface area contributed by atoms with Crippen LogP contribution in [0.1, 0.15) is 36.1 Å². The molecule has 1 aromatic carbocycles. The molecule has 0 amide bonds. The molecule has 16 heavy (non-hydrogen) atoms. The summed E-state index contributed by atoms with van der Waals surface area (Å²) in [4.78, 5) is 0. The lowest BCUT2D eigenvalue weighted by atomic mass is 9.93. The van der Waals surface area contributed by atoms with Crippen LogP contribution in [0.4, 0.5) is 0 Å². The highest BCUT2D eigenvalue weighted by Gasteiger charge is 2.12. The van der Waals surface area contributed by atoms with Crippen LogP contribution in [0.2, 0.25) is 0 Å². The second-order valence-corrected chi connectivity index (χ2v) is 3.83. The number of benzene rings is 1. The molecule has 0 aliphatic heterocycles. The van der Waals surface area contributed by atoms with Crippen LogP contribution in [-0.2, 0) is 12.8 Å². The number of methoxy groups -OCH3 is 1. The van der Waals surface area contributed by atoms with Crippen molar-refractivity contribution in [2.24, 2.45) is 0 Å². The summed E-state index contributed by atoms with van der Waals surface area (Å²) < 4.78 is 5.47. The molecule has 0 bridgehead atoms. The average molecular weight is 216 g/mol. The third kappa shape index (κ3) is 2.20. The maximum atomic E-state index is 5.47. The van der Waals surface area contributed by atoms with Gasteiger partial charge in [0.05, 0.1) is 7.11 Å². The first-order valence-electron chi connectivity index (χ1n) is 5.74. The zero-order chi connectivity index (χ0) is 12.1. The summed E-state index contributed by atoms with van der Waals surface area (Å²) >= 11 is 0. The van der Waals surface area contributed by atoms with Crippen LogP contribution in [0.25, 0.3) is 6.08 Å². The predicted octanol–water partition coefficient (Wildman–Crippen LogP) is 3.93. The summed E-state index contributed by atoms with van der Waals surface area (Å²) in [5, 5.41) is 0.